The normalized spacial score (nSPS) is 20.6. The van der Waals surface area contributed by atoms with Crippen LogP contribution in [0.15, 0.2) is 47.4 Å². The molecular weight excluding hydrogens is 346 g/mol. The Labute approximate surface area is 147 Å². The number of nitrogens with one attached hydrogen (secondary N) is 1. The van der Waals surface area contributed by atoms with E-state index in [1.54, 1.807) is 19.1 Å². The zero-order valence-corrected chi connectivity index (χ0v) is 15.0. The first kappa shape index (κ1) is 17.4. The van der Waals surface area contributed by atoms with Crippen molar-refractivity contribution in [2.75, 3.05) is 6.54 Å². The molecule has 24 heavy (non-hydrogen) atoms. The largest absolute Gasteiger partial charge is 0.388 e. The van der Waals surface area contributed by atoms with E-state index in [2.05, 4.69) is 10.8 Å². The van der Waals surface area contributed by atoms with Crippen LogP contribution in [0.3, 0.4) is 0 Å². The van der Waals surface area contributed by atoms with Gasteiger partial charge in [0.05, 0.1) is 10.5 Å². The Morgan fingerprint density at radius 3 is 2.67 bits per heavy atom. The lowest BCUT2D eigenvalue weighted by molar-refractivity contribution is 0.0317. The van der Waals surface area contributed by atoms with E-state index < -0.39 is 15.6 Å². The molecule has 3 rings (SSSR count). The molecule has 0 radical (unpaired) electrons. The van der Waals surface area contributed by atoms with Crippen LogP contribution in [0.1, 0.15) is 23.1 Å². The molecule has 0 saturated heterocycles. The van der Waals surface area contributed by atoms with Gasteiger partial charge >= 0.3 is 0 Å². The van der Waals surface area contributed by atoms with Crippen molar-refractivity contribution in [2.45, 2.75) is 36.7 Å². The number of benzene rings is 2. The average molecular weight is 366 g/mol. The molecule has 0 aliphatic heterocycles. The highest BCUT2D eigenvalue weighted by Crippen LogP contribution is 2.29. The Morgan fingerprint density at radius 2 is 1.92 bits per heavy atom. The van der Waals surface area contributed by atoms with E-state index in [-0.39, 0.29) is 11.4 Å². The van der Waals surface area contributed by atoms with E-state index in [0.717, 1.165) is 12.0 Å². The molecule has 0 heterocycles. The summed E-state index contributed by atoms with van der Waals surface area (Å²) in [5, 5.41) is 11.2. The first-order valence-corrected chi connectivity index (χ1v) is 9.70. The number of aliphatic hydroxyl groups is 1. The van der Waals surface area contributed by atoms with Crippen molar-refractivity contribution in [1.82, 2.24) is 4.72 Å². The van der Waals surface area contributed by atoms with Gasteiger partial charge in [-0.25, -0.2) is 13.1 Å². The molecule has 0 bridgehead atoms. The molecule has 2 aromatic rings. The highest BCUT2D eigenvalue weighted by molar-refractivity contribution is 7.89. The fourth-order valence-electron chi connectivity index (χ4n) is 3.11. The van der Waals surface area contributed by atoms with E-state index in [1.165, 1.54) is 11.6 Å². The first-order valence-electron chi connectivity index (χ1n) is 7.84. The Kier molecular flexibility index (Phi) is 4.71. The van der Waals surface area contributed by atoms with Gasteiger partial charge in [-0.15, -0.1) is 0 Å². The summed E-state index contributed by atoms with van der Waals surface area (Å²) < 4.78 is 27.7. The number of fused-ring (bicyclic) bond motifs is 1. The lowest BCUT2D eigenvalue weighted by atomic mass is 9.80. The fraction of sp³-hybridized carbons (Fsp3) is 0.333. The fourth-order valence-corrected chi connectivity index (χ4v) is 4.73. The summed E-state index contributed by atoms with van der Waals surface area (Å²) >= 11 is 5.91. The van der Waals surface area contributed by atoms with E-state index >= 15 is 0 Å². The molecule has 0 aromatic heterocycles. The molecule has 2 aromatic carbocycles. The van der Waals surface area contributed by atoms with Gasteiger partial charge in [-0.2, -0.15) is 0 Å². The van der Waals surface area contributed by atoms with Gasteiger partial charge in [-0.3, -0.25) is 0 Å². The van der Waals surface area contributed by atoms with Gasteiger partial charge in [-0.05, 0) is 48.6 Å². The second kappa shape index (κ2) is 6.48. The van der Waals surface area contributed by atoms with Crippen molar-refractivity contribution in [3.63, 3.8) is 0 Å². The standard InChI is InChI=1S/C18H20ClNO3S/c1-13-6-7-16(19)10-17(13)24(22,23)20-12-18(21)9-8-14-4-2-3-5-15(14)11-18/h2-7,10,20-21H,8-9,11-12H2,1H3. The van der Waals surface area contributed by atoms with Crippen LogP contribution < -0.4 is 4.72 Å². The third-order valence-electron chi connectivity index (χ3n) is 4.53. The van der Waals surface area contributed by atoms with Crippen LogP contribution in [0, 0.1) is 6.92 Å². The highest BCUT2D eigenvalue weighted by Gasteiger charge is 2.33. The van der Waals surface area contributed by atoms with E-state index in [1.807, 2.05) is 18.2 Å². The summed E-state index contributed by atoms with van der Waals surface area (Å²) in [5.41, 5.74) is 1.83. The summed E-state index contributed by atoms with van der Waals surface area (Å²) in [7, 11) is -3.72. The van der Waals surface area contributed by atoms with Crippen LogP contribution in [-0.2, 0) is 22.9 Å². The van der Waals surface area contributed by atoms with Crippen LogP contribution in [0.4, 0.5) is 0 Å². The van der Waals surface area contributed by atoms with Gasteiger partial charge in [0.1, 0.15) is 0 Å². The topological polar surface area (TPSA) is 66.4 Å². The second-order valence-electron chi connectivity index (χ2n) is 6.40. The van der Waals surface area contributed by atoms with Crippen LogP contribution in [-0.4, -0.2) is 25.7 Å². The maximum atomic E-state index is 12.6. The Morgan fingerprint density at radius 1 is 1.21 bits per heavy atom. The maximum absolute atomic E-state index is 12.6. The molecule has 6 heteroatoms. The van der Waals surface area contributed by atoms with Gasteiger partial charge in [0, 0.05) is 18.0 Å². The lowest BCUT2D eigenvalue weighted by Crippen LogP contribution is -2.46. The predicted octanol–water partition coefficient (Wildman–Crippen LogP) is 2.85. The van der Waals surface area contributed by atoms with Crippen molar-refractivity contribution in [3.05, 3.63) is 64.2 Å². The lowest BCUT2D eigenvalue weighted by Gasteiger charge is -2.33. The predicted molar refractivity (Wildman–Crippen MR) is 94.8 cm³/mol. The quantitative estimate of drug-likeness (QED) is 0.875. The van der Waals surface area contributed by atoms with Crippen molar-refractivity contribution in [1.29, 1.82) is 0 Å². The van der Waals surface area contributed by atoms with Crippen LogP contribution >= 0.6 is 11.6 Å². The minimum Gasteiger partial charge on any atom is -0.388 e. The van der Waals surface area contributed by atoms with Gasteiger partial charge in [0.2, 0.25) is 10.0 Å². The number of rotatable bonds is 4. The van der Waals surface area contributed by atoms with Gasteiger partial charge in [-0.1, -0.05) is 41.9 Å². The Hall–Kier alpha value is -1.40. The van der Waals surface area contributed by atoms with E-state index in [9.17, 15) is 13.5 Å². The summed E-state index contributed by atoms with van der Waals surface area (Å²) in [4.78, 5) is 0.148. The molecule has 1 atom stereocenters. The molecule has 1 aliphatic carbocycles. The molecule has 128 valence electrons. The van der Waals surface area contributed by atoms with Gasteiger partial charge in [0.15, 0.2) is 0 Å². The molecule has 4 nitrogen and oxygen atoms in total. The van der Waals surface area contributed by atoms with Crippen molar-refractivity contribution < 1.29 is 13.5 Å². The summed E-state index contributed by atoms with van der Waals surface area (Å²) in [5.74, 6) is 0. The molecule has 2 N–H and O–H groups in total. The first-order chi connectivity index (χ1) is 11.3. The van der Waals surface area contributed by atoms with E-state index in [4.69, 9.17) is 11.6 Å². The minimum absolute atomic E-state index is 0.0182. The molecular formula is C18H20ClNO3S. The van der Waals surface area contributed by atoms with Crippen molar-refractivity contribution in [2.24, 2.45) is 0 Å². The third kappa shape index (κ3) is 3.64. The number of hydrogen-bond donors (Lipinski definition) is 2. The average Bonchev–Trinajstić information content (AvgIpc) is 2.55. The smallest absolute Gasteiger partial charge is 0.240 e. The molecule has 1 aliphatic rings. The Balaban J connectivity index is 1.77. The van der Waals surface area contributed by atoms with Gasteiger partial charge in [0.25, 0.3) is 0 Å². The monoisotopic (exact) mass is 365 g/mol. The van der Waals surface area contributed by atoms with Crippen LogP contribution in [0.25, 0.3) is 0 Å². The zero-order chi connectivity index (χ0) is 17.4. The van der Waals surface area contributed by atoms with Crippen molar-refractivity contribution in [3.8, 4) is 0 Å². The number of hydrogen-bond acceptors (Lipinski definition) is 3. The SMILES string of the molecule is Cc1ccc(Cl)cc1S(=O)(=O)NCC1(O)CCc2ccccc2C1. The molecule has 1 unspecified atom stereocenters. The maximum Gasteiger partial charge on any atom is 0.240 e. The van der Waals surface area contributed by atoms with Crippen LogP contribution in [0.5, 0.6) is 0 Å². The van der Waals surface area contributed by atoms with Gasteiger partial charge < -0.3 is 5.11 Å². The molecule has 0 amide bonds. The third-order valence-corrected chi connectivity index (χ3v) is 6.31. The van der Waals surface area contributed by atoms with Crippen LogP contribution in [0.2, 0.25) is 5.02 Å². The zero-order valence-electron chi connectivity index (χ0n) is 13.4. The summed E-state index contributed by atoms with van der Waals surface area (Å²) in [6, 6.07) is 12.7. The Bertz CT molecular complexity index is 866. The number of halogens is 1. The highest BCUT2D eigenvalue weighted by atomic mass is 35.5. The number of aryl methyl sites for hydroxylation is 2. The summed E-state index contributed by atoms with van der Waals surface area (Å²) in [6.07, 6.45) is 1.71. The second-order valence-corrected chi connectivity index (χ2v) is 8.58. The molecule has 0 saturated carbocycles. The minimum atomic E-state index is -3.72. The molecule has 0 fully saturated rings. The number of sulfonamides is 1. The summed E-state index contributed by atoms with van der Waals surface area (Å²) in [6.45, 7) is 1.70. The molecule has 0 spiro atoms. The van der Waals surface area contributed by atoms with E-state index in [0.29, 0.717) is 23.4 Å². The van der Waals surface area contributed by atoms with Crippen molar-refractivity contribution >= 4 is 21.6 Å².